The summed E-state index contributed by atoms with van der Waals surface area (Å²) in [6.07, 6.45) is 2.62. The monoisotopic (exact) mass is 523 g/mol. The van der Waals surface area contributed by atoms with E-state index in [9.17, 15) is 18.0 Å². The van der Waals surface area contributed by atoms with Gasteiger partial charge in [-0.2, -0.15) is 13.2 Å². The molecule has 0 saturated heterocycles. The van der Waals surface area contributed by atoms with Crippen molar-refractivity contribution in [2.24, 2.45) is 5.92 Å². The lowest BCUT2D eigenvalue weighted by atomic mass is 10.0. The highest BCUT2D eigenvalue weighted by Crippen LogP contribution is 2.33. The molecule has 10 heteroatoms. The first kappa shape index (κ1) is 27.7. The maximum atomic E-state index is 12.9. The van der Waals surface area contributed by atoms with E-state index in [4.69, 9.17) is 9.15 Å². The van der Waals surface area contributed by atoms with Crippen molar-refractivity contribution in [3.05, 3.63) is 46.2 Å². The number of thiophene rings is 1. The number of anilines is 2. The summed E-state index contributed by atoms with van der Waals surface area (Å²) in [6, 6.07) is 6.67. The van der Waals surface area contributed by atoms with E-state index in [0.717, 1.165) is 61.1 Å². The van der Waals surface area contributed by atoms with Crippen molar-refractivity contribution < 1.29 is 27.1 Å². The molecule has 1 atom stereocenters. The smallest absolute Gasteiger partial charge is 0.416 e. The van der Waals surface area contributed by atoms with Gasteiger partial charge in [-0.1, -0.05) is 44.3 Å². The van der Waals surface area contributed by atoms with E-state index in [1.807, 2.05) is 11.4 Å². The van der Waals surface area contributed by atoms with Crippen LogP contribution >= 0.6 is 11.3 Å². The summed E-state index contributed by atoms with van der Waals surface area (Å²) in [5.74, 6) is 0.571. The van der Waals surface area contributed by atoms with Crippen molar-refractivity contribution in [3.8, 4) is 11.5 Å². The molecule has 1 aromatic carbocycles. The number of ether oxygens (including phenoxy) is 1. The Bertz CT molecular complexity index is 1100. The maximum Gasteiger partial charge on any atom is 0.416 e. The van der Waals surface area contributed by atoms with Crippen LogP contribution in [0.1, 0.15) is 69.2 Å². The molecular formula is C26H32F3N3O3S. The third-order valence-electron chi connectivity index (χ3n) is 5.90. The minimum absolute atomic E-state index is 0.00791. The molecule has 6 nitrogen and oxygen atoms in total. The van der Waals surface area contributed by atoms with Crippen LogP contribution in [-0.4, -0.2) is 22.8 Å². The summed E-state index contributed by atoms with van der Waals surface area (Å²) >= 11 is 1.56. The fourth-order valence-corrected chi connectivity index (χ4v) is 4.65. The van der Waals surface area contributed by atoms with Crippen molar-refractivity contribution in [2.45, 2.75) is 71.4 Å². The van der Waals surface area contributed by atoms with Gasteiger partial charge < -0.3 is 14.5 Å². The van der Waals surface area contributed by atoms with E-state index in [0.29, 0.717) is 25.4 Å². The molecule has 3 aromatic rings. The Morgan fingerprint density at radius 3 is 2.75 bits per heavy atom. The molecule has 36 heavy (non-hydrogen) atoms. The Morgan fingerprint density at radius 2 is 2.00 bits per heavy atom. The number of nitrogens with one attached hydrogen (secondary N) is 1. The molecule has 0 spiro atoms. The van der Waals surface area contributed by atoms with Gasteiger partial charge in [0.1, 0.15) is 0 Å². The Labute approximate surface area is 213 Å². The van der Waals surface area contributed by atoms with Crippen LogP contribution in [0.15, 0.2) is 40.1 Å². The number of rotatable bonds is 14. The number of benzene rings is 1. The normalized spacial score (nSPS) is 12.5. The van der Waals surface area contributed by atoms with Gasteiger partial charge in [-0.25, -0.2) is 0 Å². The summed E-state index contributed by atoms with van der Waals surface area (Å²) in [5.41, 5.74) is 0.222. The van der Waals surface area contributed by atoms with E-state index in [1.54, 1.807) is 11.3 Å². The molecule has 1 N–H and O–H groups in total. The maximum absolute atomic E-state index is 12.9. The minimum Gasteiger partial charge on any atom is -0.465 e. The number of aromatic nitrogens is 2. The van der Waals surface area contributed by atoms with E-state index < -0.39 is 11.7 Å². The third kappa shape index (κ3) is 8.36. The lowest BCUT2D eigenvalue weighted by Crippen LogP contribution is -2.13. The number of aryl methyl sites for hydroxylation is 1. The first-order chi connectivity index (χ1) is 17.3. The van der Waals surface area contributed by atoms with Crippen LogP contribution in [0.25, 0.3) is 11.5 Å². The van der Waals surface area contributed by atoms with Gasteiger partial charge >= 0.3 is 18.2 Å². The Kier molecular flexibility index (Phi) is 10.3. The minimum atomic E-state index is -4.44. The topological polar surface area (TPSA) is 77.2 Å². The molecule has 1 unspecified atom stereocenters. The van der Waals surface area contributed by atoms with Crippen LogP contribution in [-0.2, 0) is 22.1 Å². The van der Waals surface area contributed by atoms with Crippen LogP contribution < -0.4 is 5.32 Å². The highest BCUT2D eigenvalue weighted by atomic mass is 32.1. The second-order valence-electron chi connectivity index (χ2n) is 8.68. The Balaban J connectivity index is 1.48. The van der Waals surface area contributed by atoms with Gasteiger partial charge in [-0.05, 0) is 61.2 Å². The molecule has 0 radical (unpaired) electrons. The number of halogens is 3. The summed E-state index contributed by atoms with van der Waals surface area (Å²) in [7, 11) is 0. The zero-order chi connectivity index (χ0) is 26.0. The van der Waals surface area contributed by atoms with E-state index in [-0.39, 0.29) is 23.6 Å². The zero-order valence-electron chi connectivity index (χ0n) is 20.6. The SMILES string of the molecule is CCCCC(CC)COC(=O)CCCCc1sccc1-c1nnc(Nc2cccc(C(F)(F)F)c2)o1. The van der Waals surface area contributed by atoms with Crippen molar-refractivity contribution >= 4 is 29.0 Å². The van der Waals surface area contributed by atoms with Gasteiger partial charge in [0.2, 0.25) is 0 Å². The number of carbonyl (C=O) groups excluding carboxylic acids is 1. The third-order valence-corrected chi connectivity index (χ3v) is 6.88. The van der Waals surface area contributed by atoms with Crippen LogP contribution in [0, 0.1) is 5.92 Å². The number of hydrogen-bond acceptors (Lipinski definition) is 7. The summed E-state index contributed by atoms with van der Waals surface area (Å²) in [4.78, 5) is 13.1. The fraction of sp³-hybridized carbons (Fsp3) is 0.500. The van der Waals surface area contributed by atoms with E-state index >= 15 is 0 Å². The summed E-state index contributed by atoms with van der Waals surface area (Å²) < 4.78 is 49.9. The summed E-state index contributed by atoms with van der Waals surface area (Å²) in [6.45, 7) is 4.78. The number of nitrogens with zero attached hydrogens (tertiary/aromatic N) is 2. The quantitative estimate of drug-likeness (QED) is 0.170. The molecule has 3 rings (SSSR count). The molecule has 0 aliphatic carbocycles. The molecule has 196 valence electrons. The van der Waals surface area contributed by atoms with E-state index in [2.05, 4.69) is 29.4 Å². The molecule has 2 heterocycles. The molecule has 0 bridgehead atoms. The fourth-order valence-electron chi connectivity index (χ4n) is 3.74. The molecule has 0 fully saturated rings. The molecule has 0 amide bonds. The molecule has 0 aliphatic heterocycles. The Morgan fingerprint density at radius 1 is 1.17 bits per heavy atom. The molecule has 0 saturated carbocycles. The van der Waals surface area contributed by atoms with Crippen molar-refractivity contribution in [1.82, 2.24) is 10.2 Å². The standard InChI is InChI=1S/C26H32F3N3O3S/c1-3-5-9-18(4-2)17-34-23(33)13-7-6-12-22-21(14-15-36-22)24-31-32-25(35-24)30-20-11-8-10-19(16-20)26(27,28)29/h8,10-11,14-16,18H,3-7,9,12-13,17H2,1-2H3,(H,30,32). The predicted molar refractivity (Wildman–Crippen MR) is 134 cm³/mol. The number of hydrogen-bond donors (Lipinski definition) is 1. The molecule has 0 aliphatic rings. The van der Waals surface area contributed by atoms with Gasteiger partial charge in [0, 0.05) is 17.0 Å². The number of alkyl halides is 3. The number of unbranched alkanes of at least 4 members (excludes halogenated alkanes) is 2. The second-order valence-corrected chi connectivity index (χ2v) is 9.68. The number of esters is 1. The van der Waals surface area contributed by atoms with Crippen molar-refractivity contribution in [3.63, 3.8) is 0 Å². The van der Waals surface area contributed by atoms with Crippen LogP contribution in [0.5, 0.6) is 0 Å². The summed E-state index contributed by atoms with van der Waals surface area (Å²) in [5, 5.41) is 12.6. The van der Waals surface area contributed by atoms with Crippen molar-refractivity contribution in [1.29, 1.82) is 0 Å². The van der Waals surface area contributed by atoms with Gasteiger partial charge in [0.15, 0.2) is 0 Å². The first-order valence-electron chi connectivity index (χ1n) is 12.3. The predicted octanol–water partition coefficient (Wildman–Crippen LogP) is 8.03. The second kappa shape index (κ2) is 13.4. The van der Waals surface area contributed by atoms with Gasteiger partial charge in [-0.3, -0.25) is 4.79 Å². The zero-order valence-corrected chi connectivity index (χ0v) is 21.4. The highest BCUT2D eigenvalue weighted by molar-refractivity contribution is 7.10. The van der Waals surface area contributed by atoms with Crippen molar-refractivity contribution in [2.75, 3.05) is 11.9 Å². The lowest BCUT2D eigenvalue weighted by Gasteiger charge is -2.14. The van der Waals surface area contributed by atoms with E-state index in [1.165, 1.54) is 12.1 Å². The van der Waals surface area contributed by atoms with Gasteiger partial charge in [-0.15, -0.1) is 16.4 Å². The highest BCUT2D eigenvalue weighted by Gasteiger charge is 2.30. The van der Waals surface area contributed by atoms with Gasteiger partial charge in [0.05, 0.1) is 17.7 Å². The average Bonchev–Trinajstić information content (AvgIpc) is 3.51. The van der Waals surface area contributed by atoms with Gasteiger partial charge in [0.25, 0.3) is 5.89 Å². The largest absolute Gasteiger partial charge is 0.465 e. The lowest BCUT2D eigenvalue weighted by molar-refractivity contribution is -0.145. The molecular weight excluding hydrogens is 491 g/mol. The van der Waals surface area contributed by atoms with Crippen LogP contribution in [0.2, 0.25) is 0 Å². The Hall–Kier alpha value is -2.88. The first-order valence-corrected chi connectivity index (χ1v) is 13.2. The van der Waals surface area contributed by atoms with Crippen LogP contribution in [0.4, 0.5) is 24.9 Å². The molecule has 2 aromatic heterocycles. The number of carbonyl (C=O) groups is 1. The van der Waals surface area contributed by atoms with Crippen LogP contribution in [0.3, 0.4) is 0 Å². The average molecular weight is 524 g/mol.